The molecule has 0 aliphatic carbocycles. The van der Waals surface area contributed by atoms with E-state index in [4.69, 9.17) is 0 Å². The standard InChI is InChI=1S/C16H19N3O2/c1-16(2)15(21)17-7-8-19(16)14(20)9-11-10-18-13-6-4-3-5-12(11)13/h3-6,10,18H,7-9H2,1-2H3,(H,17,21). The van der Waals surface area contributed by atoms with Gasteiger partial charge >= 0.3 is 0 Å². The van der Waals surface area contributed by atoms with Gasteiger partial charge < -0.3 is 15.2 Å². The van der Waals surface area contributed by atoms with Crippen molar-refractivity contribution in [1.82, 2.24) is 15.2 Å². The molecule has 0 atom stereocenters. The number of hydrogen-bond acceptors (Lipinski definition) is 2. The normalized spacial score (nSPS) is 17.8. The predicted molar refractivity (Wildman–Crippen MR) is 80.8 cm³/mol. The third kappa shape index (κ3) is 2.28. The summed E-state index contributed by atoms with van der Waals surface area (Å²) in [6.45, 7) is 4.64. The van der Waals surface area contributed by atoms with Crippen LogP contribution in [0.2, 0.25) is 0 Å². The second-order valence-corrected chi connectivity index (χ2v) is 5.90. The Morgan fingerprint density at radius 2 is 2.10 bits per heavy atom. The van der Waals surface area contributed by atoms with E-state index in [9.17, 15) is 9.59 Å². The van der Waals surface area contributed by atoms with E-state index >= 15 is 0 Å². The van der Waals surface area contributed by atoms with Crippen molar-refractivity contribution in [3.63, 3.8) is 0 Å². The fourth-order valence-electron chi connectivity index (χ4n) is 2.87. The molecule has 1 fully saturated rings. The Balaban J connectivity index is 1.84. The van der Waals surface area contributed by atoms with Gasteiger partial charge in [-0.3, -0.25) is 9.59 Å². The number of H-pyrrole nitrogens is 1. The molecule has 3 rings (SSSR count). The molecule has 0 saturated carbocycles. The van der Waals surface area contributed by atoms with E-state index in [1.54, 1.807) is 18.7 Å². The van der Waals surface area contributed by atoms with E-state index < -0.39 is 5.54 Å². The molecule has 2 aromatic rings. The Bertz CT molecular complexity index is 702. The number of para-hydroxylation sites is 1. The van der Waals surface area contributed by atoms with Crippen LogP contribution < -0.4 is 5.32 Å². The summed E-state index contributed by atoms with van der Waals surface area (Å²) in [7, 11) is 0. The molecule has 2 amide bonds. The molecule has 2 N–H and O–H groups in total. The maximum Gasteiger partial charge on any atom is 0.245 e. The van der Waals surface area contributed by atoms with E-state index in [1.807, 2.05) is 30.5 Å². The fraction of sp³-hybridized carbons (Fsp3) is 0.375. The molecular formula is C16H19N3O2. The zero-order chi connectivity index (χ0) is 15.0. The van der Waals surface area contributed by atoms with Crippen molar-refractivity contribution in [3.05, 3.63) is 36.0 Å². The highest BCUT2D eigenvalue weighted by Gasteiger charge is 2.40. The third-order valence-electron chi connectivity index (χ3n) is 4.17. The highest BCUT2D eigenvalue weighted by atomic mass is 16.2. The minimum absolute atomic E-state index is 0.0143. The Labute approximate surface area is 123 Å². The van der Waals surface area contributed by atoms with Crippen molar-refractivity contribution < 1.29 is 9.59 Å². The lowest BCUT2D eigenvalue weighted by molar-refractivity contribution is -0.148. The number of fused-ring (bicyclic) bond motifs is 1. The lowest BCUT2D eigenvalue weighted by Crippen LogP contribution is -2.63. The van der Waals surface area contributed by atoms with Crippen LogP contribution in [0, 0.1) is 0 Å². The van der Waals surface area contributed by atoms with E-state index in [2.05, 4.69) is 10.3 Å². The fourth-order valence-corrected chi connectivity index (χ4v) is 2.87. The smallest absolute Gasteiger partial charge is 0.245 e. The number of carbonyl (C=O) groups is 2. The van der Waals surface area contributed by atoms with Gasteiger partial charge in [0, 0.05) is 30.2 Å². The topological polar surface area (TPSA) is 65.2 Å². The summed E-state index contributed by atoms with van der Waals surface area (Å²) in [5.74, 6) is -0.111. The number of amides is 2. The SMILES string of the molecule is CC1(C)C(=O)NCCN1C(=O)Cc1c[nH]c2ccccc12. The summed E-state index contributed by atoms with van der Waals surface area (Å²) in [5.41, 5.74) is 1.20. The van der Waals surface area contributed by atoms with Gasteiger partial charge in [0.25, 0.3) is 0 Å². The van der Waals surface area contributed by atoms with E-state index in [0.717, 1.165) is 16.5 Å². The maximum absolute atomic E-state index is 12.6. The molecule has 1 aliphatic heterocycles. The zero-order valence-corrected chi connectivity index (χ0v) is 12.3. The summed E-state index contributed by atoms with van der Waals surface area (Å²) >= 11 is 0. The number of aromatic amines is 1. The molecule has 0 unspecified atom stereocenters. The first-order chi connectivity index (χ1) is 10.00. The number of rotatable bonds is 2. The minimum Gasteiger partial charge on any atom is -0.361 e. The van der Waals surface area contributed by atoms with Crippen LogP contribution in [0.4, 0.5) is 0 Å². The van der Waals surface area contributed by atoms with Gasteiger partial charge in [0.05, 0.1) is 6.42 Å². The van der Waals surface area contributed by atoms with Gasteiger partial charge in [0.15, 0.2) is 0 Å². The van der Waals surface area contributed by atoms with Gasteiger partial charge in [-0.2, -0.15) is 0 Å². The van der Waals surface area contributed by atoms with Crippen molar-refractivity contribution in [2.45, 2.75) is 25.8 Å². The Hall–Kier alpha value is -2.30. The lowest BCUT2D eigenvalue weighted by Gasteiger charge is -2.41. The molecule has 1 aromatic heterocycles. The van der Waals surface area contributed by atoms with E-state index in [-0.39, 0.29) is 11.8 Å². The Morgan fingerprint density at radius 1 is 1.33 bits per heavy atom. The molecule has 21 heavy (non-hydrogen) atoms. The van der Waals surface area contributed by atoms with Crippen molar-refractivity contribution in [2.75, 3.05) is 13.1 Å². The summed E-state index contributed by atoms with van der Waals surface area (Å²) in [5, 5.41) is 3.87. The molecule has 2 heterocycles. The zero-order valence-electron chi connectivity index (χ0n) is 12.3. The van der Waals surface area contributed by atoms with Crippen molar-refractivity contribution in [3.8, 4) is 0 Å². The number of nitrogens with one attached hydrogen (secondary N) is 2. The molecule has 110 valence electrons. The van der Waals surface area contributed by atoms with Crippen molar-refractivity contribution >= 4 is 22.7 Å². The Morgan fingerprint density at radius 3 is 2.90 bits per heavy atom. The van der Waals surface area contributed by atoms with Crippen LogP contribution in [0.15, 0.2) is 30.5 Å². The molecule has 5 nitrogen and oxygen atoms in total. The quantitative estimate of drug-likeness (QED) is 0.877. The van der Waals surface area contributed by atoms with Crippen LogP contribution in [0.5, 0.6) is 0 Å². The van der Waals surface area contributed by atoms with Crippen LogP contribution in [0.25, 0.3) is 10.9 Å². The monoisotopic (exact) mass is 285 g/mol. The highest BCUT2D eigenvalue weighted by Crippen LogP contribution is 2.22. The largest absolute Gasteiger partial charge is 0.361 e. The van der Waals surface area contributed by atoms with Gasteiger partial charge in [0.1, 0.15) is 5.54 Å². The van der Waals surface area contributed by atoms with E-state index in [0.29, 0.717) is 19.5 Å². The Kier molecular flexibility index (Phi) is 3.20. The highest BCUT2D eigenvalue weighted by molar-refractivity contribution is 5.94. The maximum atomic E-state index is 12.6. The predicted octanol–water partition coefficient (Wildman–Crippen LogP) is 1.45. The third-order valence-corrected chi connectivity index (χ3v) is 4.17. The summed E-state index contributed by atoms with van der Waals surface area (Å²) in [4.78, 5) is 29.4. The second-order valence-electron chi connectivity index (χ2n) is 5.90. The number of piperazine rings is 1. The first-order valence-electron chi connectivity index (χ1n) is 7.14. The number of hydrogen-bond donors (Lipinski definition) is 2. The number of carbonyl (C=O) groups excluding carboxylic acids is 2. The van der Waals surface area contributed by atoms with Crippen LogP contribution in [0.3, 0.4) is 0 Å². The van der Waals surface area contributed by atoms with Crippen LogP contribution in [0.1, 0.15) is 19.4 Å². The number of nitrogens with zero attached hydrogens (tertiary/aromatic N) is 1. The van der Waals surface area contributed by atoms with Gasteiger partial charge in [-0.15, -0.1) is 0 Å². The molecule has 1 saturated heterocycles. The van der Waals surface area contributed by atoms with Gasteiger partial charge in [0.2, 0.25) is 11.8 Å². The number of aromatic nitrogens is 1. The number of benzene rings is 1. The molecule has 0 bridgehead atoms. The molecule has 1 aliphatic rings. The minimum atomic E-state index is -0.790. The molecule has 5 heteroatoms. The van der Waals surface area contributed by atoms with Gasteiger partial charge in [-0.1, -0.05) is 18.2 Å². The van der Waals surface area contributed by atoms with Gasteiger partial charge in [-0.05, 0) is 25.5 Å². The average Bonchev–Trinajstić information content (AvgIpc) is 2.85. The molecule has 1 aromatic carbocycles. The second kappa shape index (κ2) is 4.91. The summed E-state index contributed by atoms with van der Waals surface area (Å²) < 4.78 is 0. The van der Waals surface area contributed by atoms with Crippen molar-refractivity contribution in [2.24, 2.45) is 0 Å². The molecule has 0 spiro atoms. The van der Waals surface area contributed by atoms with Crippen LogP contribution in [-0.4, -0.2) is 40.3 Å². The molecule has 0 radical (unpaired) electrons. The summed E-state index contributed by atoms with van der Waals surface area (Å²) in [6.07, 6.45) is 2.18. The average molecular weight is 285 g/mol. The first kappa shape index (κ1) is 13.7. The van der Waals surface area contributed by atoms with Crippen LogP contribution in [-0.2, 0) is 16.0 Å². The van der Waals surface area contributed by atoms with E-state index in [1.165, 1.54) is 0 Å². The first-order valence-corrected chi connectivity index (χ1v) is 7.14. The van der Waals surface area contributed by atoms with Crippen LogP contribution >= 0.6 is 0 Å². The molecular weight excluding hydrogens is 266 g/mol. The van der Waals surface area contributed by atoms with Crippen molar-refractivity contribution in [1.29, 1.82) is 0 Å². The lowest BCUT2D eigenvalue weighted by atomic mass is 9.97. The van der Waals surface area contributed by atoms with Gasteiger partial charge in [-0.25, -0.2) is 0 Å². The summed E-state index contributed by atoms with van der Waals surface area (Å²) in [6, 6.07) is 7.91.